The Morgan fingerprint density at radius 3 is 2.50 bits per heavy atom. The van der Waals surface area contributed by atoms with Gasteiger partial charge in [0.05, 0.1) is 0 Å². The smallest absolute Gasteiger partial charge is 0.209 e. The van der Waals surface area contributed by atoms with Gasteiger partial charge in [-0.1, -0.05) is 56.3 Å². The van der Waals surface area contributed by atoms with Crippen LogP contribution in [0.1, 0.15) is 45.2 Å². The number of ether oxygens (including phenoxy) is 1. The maximum Gasteiger partial charge on any atom is 0.209 e. The molecule has 0 aliphatic carbocycles. The molecule has 0 spiro atoms. The average Bonchev–Trinajstić information content (AvgIpc) is 2.83. The number of nitrogens with zero attached hydrogens (tertiary/aromatic N) is 1. The first-order valence-electron chi connectivity index (χ1n) is 8.91. The van der Waals surface area contributed by atoms with E-state index in [-0.39, 0.29) is 0 Å². The average molecular weight is 354 g/mol. The maximum absolute atomic E-state index is 10.7. The van der Waals surface area contributed by atoms with Crippen LogP contribution in [0.2, 0.25) is 0 Å². The van der Waals surface area contributed by atoms with Crippen molar-refractivity contribution in [3.63, 3.8) is 0 Å². The van der Waals surface area contributed by atoms with E-state index >= 15 is 0 Å². The summed E-state index contributed by atoms with van der Waals surface area (Å²) in [5.41, 5.74) is 4.70. The number of carbonyl (C=O) groups is 1. The molecule has 0 aromatic heterocycles. The lowest BCUT2D eigenvalue weighted by Crippen LogP contribution is -2.16. The van der Waals surface area contributed by atoms with E-state index < -0.39 is 0 Å². The number of amides is 1. The van der Waals surface area contributed by atoms with Gasteiger partial charge in [0, 0.05) is 19.2 Å². The van der Waals surface area contributed by atoms with Crippen LogP contribution in [0.25, 0.3) is 5.57 Å². The lowest BCUT2D eigenvalue weighted by molar-refractivity contribution is -0.116. The molecule has 3 nitrogen and oxygen atoms in total. The van der Waals surface area contributed by atoms with Gasteiger partial charge in [-0.05, 0) is 37.0 Å². The van der Waals surface area contributed by atoms with Crippen LogP contribution in [0.3, 0.4) is 0 Å². The fourth-order valence-electron chi connectivity index (χ4n) is 2.57. The predicted molar refractivity (Wildman–Crippen MR) is 111 cm³/mol. The molecule has 1 aromatic carbocycles. The van der Waals surface area contributed by atoms with Crippen molar-refractivity contribution in [1.82, 2.24) is 4.90 Å². The molecule has 1 aromatic rings. The molecule has 1 heterocycles. The van der Waals surface area contributed by atoms with Crippen molar-refractivity contribution in [2.24, 2.45) is 0 Å². The lowest BCUT2D eigenvalue weighted by atomic mass is 9.93. The normalized spacial score (nSPS) is 14.2. The monoisotopic (exact) mass is 353 g/mol. The summed E-state index contributed by atoms with van der Waals surface area (Å²) in [6, 6.07) is 8.33. The van der Waals surface area contributed by atoms with Gasteiger partial charge in [0.25, 0.3) is 0 Å². The van der Waals surface area contributed by atoms with Gasteiger partial charge in [0.1, 0.15) is 12.4 Å². The molecular weight excluding hydrogens is 322 g/mol. The summed E-state index contributed by atoms with van der Waals surface area (Å²) < 4.78 is 5.89. The summed E-state index contributed by atoms with van der Waals surface area (Å²) in [5.74, 6) is 0.935. The standard InChI is InChI=1S/C19H23NO2.C2H6.C2H2/c1-4-8-17-15(2)22-13-16-9-5-6-10-18(16)19(17)11-7-12-20(3)14-21;2*1-2/h4-6,8-11,14H,7,12-13H2,1-3H3;1-2H3;1-2H/b8-4-,19-11-;;. The Hall–Kier alpha value is -2.73. The Morgan fingerprint density at radius 1 is 1.23 bits per heavy atom. The van der Waals surface area contributed by atoms with Gasteiger partial charge in [-0.3, -0.25) is 4.79 Å². The number of fused-ring (bicyclic) bond motifs is 1. The highest BCUT2D eigenvalue weighted by atomic mass is 16.5. The summed E-state index contributed by atoms with van der Waals surface area (Å²) in [6.07, 6.45) is 16.0. The number of terminal acetylenes is 1. The Bertz CT molecular complexity index is 666. The summed E-state index contributed by atoms with van der Waals surface area (Å²) in [4.78, 5) is 12.4. The zero-order valence-electron chi connectivity index (χ0n) is 16.7. The van der Waals surface area contributed by atoms with Crippen molar-refractivity contribution in [1.29, 1.82) is 0 Å². The molecule has 3 heteroatoms. The van der Waals surface area contributed by atoms with Crippen molar-refractivity contribution in [2.75, 3.05) is 13.6 Å². The third-order valence-corrected chi connectivity index (χ3v) is 3.76. The quantitative estimate of drug-likeness (QED) is 0.537. The number of benzene rings is 1. The molecule has 0 N–H and O–H groups in total. The first-order chi connectivity index (χ1) is 12.7. The fraction of sp³-hybridized carbons (Fsp3) is 0.348. The third kappa shape index (κ3) is 6.64. The van der Waals surface area contributed by atoms with E-state index in [9.17, 15) is 4.79 Å². The second kappa shape index (κ2) is 13.5. The van der Waals surface area contributed by atoms with Crippen LogP contribution in [0, 0.1) is 12.8 Å². The zero-order valence-corrected chi connectivity index (χ0v) is 16.7. The fourth-order valence-corrected chi connectivity index (χ4v) is 2.57. The first kappa shape index (κ1) is 23.3. The Morgan fingerprint density at radius 2 is 1.88 bits per heavy atom. The van der Waals surface area contributed by atoms with E-state index in [1.54, 1.807) is 11.9 Å². The number of hydrogen-bond acceptors (Lipinski definition) is 2. The van der Waals surface area contributed by atoms with E-state index in [0.29, 0.717) is 13.2 Å². The molecule has 0 saturated carbocycles. The van der Waals surface area contributed by atoms with Crippen molar-refractivity contribution in [2.45, 2.75) is 40.7 Å². The van der Waals surface area contributed by atoms with Gasteiger partial charge in [-0.15, -0.1) is 12.8 Å². The predicted octanol–water partition coefficient (Wildman–Crippen LogP) is 5.20. The van der Waals surface area contributed by atoms with Gasteiger partial charge in [-0.2, -0.15) is 0 Å². The van der Waals surface area contributed by atoms with Gasteiger partial charge in [-0.25, -0.2) is 0 Å². The molecule has 0 radical (unpaired) electrons. The van der Waals surface area contributed by atoms with Gasteiger partial charge >= 0.3 is 0 Å². The molecule has 26 heavy (non-hydrogen) atoms. The summed E-state index contributed by atoms with van der Waals surface area (Å²) in [5, 5.41) is 0. The molecule has 1 aliphatic heterocycles. The minimum atomic E-state index is 0.592. The van der Waals surface area contributed by atoms with E-state index in [1.807, 2.05) is 39.8 Å². The van der Waals surface area contributed by atoms with Gasteiger partial charge in [0.15, 0.2) is 0 Å². The first-order valence-corrected chi connectivity index (χ1v) is 8.91. The number of hydrogen-bond donors (Lipinski definition) is 0. The highest BCUT2D eigenvalue weighted by Crippen LogP contribution is 2.33. The van der Waals surface area contributed by atoms with Crippen LogP contribution < -0.4 is 0 Å². The topological polar surface area (TPSA) is 29.5 Å². The molecular formula is C23H31NO2. The minimum Gasteiger partial charge on any atom is -0.493 e. The number of carbonyl (C=O) groups excluding carboxylic acids is 1. The van der Waals surface area contributed by atoms with E-state index in [1.165, 1.54) is 16.7 Å². The molecule has 0 unspecified atom stereocenters. The van der Waals surface area contributed by atoms with Gasteiger partial charge < -0.3 is 9.64 Å². The van der Waals surface area contributed by atoms with E-state index in [2.05, 4.69) is 43.2 Å². The number of allylic oxidation sites excluding steroid dienone is 5. The molecule has 1 amide bonds. The molecule has 1 aliphatic rings. The highest BCUT2D eigenvalue weighted by Gasteiger charge is 2.17. The Kier molecular flexibility index (Phi) is 12.1. The van der Waals surface area contributed by atoms with Crippen LogP contribution in [-0.4, -0.2) is 24.9 Å². The molecule has 2 rings (SSSR count). The largest absolute Gasteiger partial charge is 0.493 e. The van der Waals surface area contributed by atoms with Crippen molar-refractivity contribution >= 4 is 12.0 Å². The van der Waals surface area contributed by atoms with E-state index in [4.69, 9.17) is 4.74 Å². The SMILES string of the molecule is C#C.C/C=C\C1=C(C)OCc2ccccc2/C1=C\CCN(C)C=O.CC. The van der Waals surface area contributed by atoms with Crippen LogP contribution in [0.4, 0.5) is 0 Å². The highest BCUT2D eigenvalue weighted by molar-refractivity contribution is 5.84. The Labute approximate surface area is 159 Å². The zero-order chi connectivity index (χ0) is 19.9. The van der Waals surface area contributed by atoms with Crippen LogP contribution in [0.5, 0.6) is 0 Å². The minimum absolute atomic E-state index is 0.592. The van der Waals surface area contributed by atoms with Gasteiger partial charge in [0.2, 0.25) is 6.41 Å². The van der Waals surface area contributed by atoms with E-state index in [0.717, 1.165) is 24.2 Å². The van der Waals surface area contributed by atoms with Crippen LogP contribution in [0.15, 0.2) is 53.8 Å². The van der Waals surface area contributed by atoms with Crippen LogP contribution in [-0.2, 0) is 16.1 Å². The molecule has 0 fully saturated rings. The maximum atomic E-state index is 10.7. The summed E-state index contributed by atoms with van der Waals surface area (Å²) >= 11 is 0. The van der Waals surface area contributed by atoms with Crippen molar-refractivity contribution in [3.8, 4) is 12.8 Å². The van der Waals surface area contributed by atoms with Crippen LogP contribution >= 0.6 is 0 Å². The van der Waals surface area contributed by atoms with Crippen molar-refractivity contribution in [3.05, 3.63) is 65.0 Å². The number of rotatable bonds is 5. The summed E-state index contributed by atoms with van der Waals surface area (Å²) in [7, 11) is 1.80. The molecule has 140 valence electrons. The Balaban J connectivity index is 0.00000146. The van der Waals surface area contributed by atoms with Crippen molar-refractivity contribution < 1.29 is 9.53 Å². The summed E-state index contributed by atoms with van der Waals surface area (Å²) in [6.45, 7) is 9.31. The molecule has 0 bridgehead atoms. The second-order valence-electron chi connectivity index (χ2n) is 5.41. The molecule has 0 saturated heterocycles. The lowest BCUT2D eigenvalue weighted by Gasteiger charge is -2.12. The third-order valence-electron chi connectivity index (χ3n) is 3.76. The second-order valence-corrected chi connectivity index (χ2v) is 5.41. The molecule has 0 atom stereocenters.